The molecular formula is C48H46Cl2N4O7. The molecule has 2 heterocycles. The van der Waals surface area contributed by atoms with Crippen LogP contribution in [-0.2, 0) is 45.1 Å². The Morgan fingerprint density at radius 1 is 0.885 bits per heavy atom. The van der Waals surface area contributed by atoms with Crippen LogP contribution in [0.3, 0.4) is 0 Å². The lowest BCUT2D eigenvalue weighted by atomic mass is 9.91. The van der Waals surface area contributed by atoms with Gasteiger partial charge in [-0.15, -0.1) is 0 Å². The molecule has 0 radical (unpaired) electrons. The maximum Gasteiger partial charge on any atom is 0.411 e. The van der Waals surface area contributed by atoms with Crippen LogP contribution in [-0.4, -0.2) is 61.3 Å². The number of benzene rings is 5. The van der Waals surface area contributed by atoms with E-state index in [4.69, 9.17) is 47.4 Å². The highest BCUT2D eigenvalue weighted by atomic mass is 35.5. The topological polar surface area (TPSA) is 130 Å². The summed E-state index contributed by atoms with van der Waals surface area (Å²) in [7, 11) is 3.27. The van der Waals surface area contributed by atoms with Crippen LogP contribution in [0.4, 0.5) is 10.5 Å². The predicted octanol–water partition coefficient (Wildman–Crippen LogP) is 9.24. The first-order chi connectivity index (χ1) is 29.2. The van der Waals surface area contributed by atoms with E-state index in [0.717, 1.165) is 44.6 Å². The fourth-order valence-electron chi connectivity index (χ4n) is 7.44. The number of rotatable bonds is 10. The van der Waals surface area contributed by atoms with E-state index in [9.17, 15) is 14.4 Å². The number of carbonyl (C=O) groups excluding carboxylic acids is 3. The lowest BCUT2D eigenvalue weighted by molar-refractivity contribution is -0.145. The first kappa shape index (κ1) is 42.9. The molecule has 2 aliphatic rings. The number of methoxy groups -OCH3 is 1. The van der Waals surface area contributed by atoms with E-state index in [0.29, 0.717) is 40.3 Å². The minimum absolute atomic E-state index is 0.0813. The van der Waals surface area contributed by atoms with Crippen molar-refractivity contribution in [1.29, 1.82) is 5.26 Å². The summed E-state index contributed by atoms with van der Waals surface area (Å²) in [6, 6.07) is 32.1. The van der Waals surface area contributed by atoms with E-state index in [-0.39, 0.29) is 25.5 Å². The van der Waals surface area contributed by atoms with Gasteiger partial charge in [0, 0.05) is 19.9 Å². The maximum atomic E-state index is 14.3. The molecule has 0 fully saturated rings. The average Bonchev–Trinajstić information content (AvgIpc) is 3.25. The second kappa shape index (κ2) is 18.2. The molecule has 0 saturated carbocycles. The van der Waals surface area contributed by atoms with Gasteiger partial charge in [-0.1, -0.05) is 77.8 Å². The standard InChI is InChI=1S/C48H46Cl2N4O7/c1-48(2,3)61-47(57)54-26-36-24-43-41(53(4)27-44(60-43)34-15-17-37(18-16-34)59-28-31-10-19-38(49)39(50)20-31)22-35(36)23-42(54)45(55)52-40(46(56)58-5)21-29-6-11-32(12-7-29)33-13-8-30(25-51)9-14-33/h6-20,22,24,40,42,44H,21,23,26-28H2,1-5H3,(H,52,55)/t40-,42?,44?/m0/s1. The maximum absolute atomic E-state index is 14.3. The third kappa shape index (κ3) is 10.2. The van der Waals surface area contributed by atoms with Gasteiger partial charge in [0.2, 0.25) is 5.91 Å². The van der Waals surface area contributed by atoms with E-state index in [1.807, 2.05) is 85.9 Å². The van der Waals surface area contributed by atoms with Crippen molar-refractivity contribution in [3.8, 4) is 28.7 Å². The van der Waals surface area contributed by atoms with E-state index in [1.165, 1.54) is 12.0 Å². The summed E-state index contributed by atoms with van der Waals surface area (Å²) >= 11 is 12.2. The van der Waals surface area contributed by atoms with Crippen LogP contribution >= 0.6 is 23.2 Å². The number of nitrogens with zero attached hydrogens (tertiary/aromatic N) is 3. The molecule has 11 nitrogen and oxygen atoms in total. The van der Waals surface area contributed by atoms with Gasteiger partial charge in [0.1, 0.15) is 41.9 Å². The van der Waals surface area contributed by atoms with Crippen molar-refractivity contribution in [2.75, 3.05) is 25.6 Å². The number of hydrogen-bond donors (Lipinski definition) is 1. The third-order valence-electron chi connectivity index (χ3n) is 10.6. The molecule has 2 unspecified atom stereocenters. The molecule has 5 aromatic carbocycles. The Morgan fingerprint density at radius 2 is 1.56 bits per heavy atom. The summed E-state index contributed by atoms with van der Waals surface area (Å²) in [5.41, 5.74) is 6.84. The predicted molar refractivity (Wildman–Crippen MR) is 234 cm³/mol. The van der Waals surface area contributed by atoms with Gasteiger partial charge in [-0.05, 0) is 108 Å². The molecule has 1 N–H and O–H groups in total. The zero-order valence-corrected chi connectivity index (χ0v) is 36.0. The number of hydrogen-bond acceptors (Lipinski definition) is 9. The highest BCUT2D eigenvalue weighted by Crippen LogP contribution is 2.42. The molecule has 2 aliphatic heterocycles. The normalized spacial score (nSPS) is 16.2. The molecule has 13 heteroatoms. The quantitative estimate of drug-likeness (QED) is 0.137. The van der Waals surface area contributed by atoms with Crippen molar-refractivity contribution in [3.63, 3.8) is 0 Å². The Labute approximate surface area is 365 Å². The van der Waals surface area contributed by atoms with Crippen LogP contribution in [0.2, 0.25) is 10.0 Å². The van der Waals surface area contributed by atoms with Crippen LogP contribution in [0.1, 0.15) is 60.3 Å². The second-order valence-corrected chi connectivity index (χ2v) is 17.0. The minimum Gasteiger partial charge on any atom is -0.489 e. The van der Waals surface area contributed by atoms with Crippen LogP contribution in [0, 0.1) is 11.3 Å². The molecule has 5 aromatic rings. The largest absolute Gasteiger partial charge is 0.489 e. The number of nitriles is 1. The molecule has 0 aromatic heterocycles. The van der Waals surface area contributed by atoms with Crippen molar-refractivity contribution in [2.24, 2.45) is 0 Å². The van der Waals surface area contributed by atoms with Gasteiger partial charge in [0.15, 0.2) is 0 Å². The summed E-state index contributed by atoms with van der Waals surface area (Å²) in [5.74, 6) is 0.229. The van der Waals surface area contributed by atoms with Crippen molar-refractivity contribution in [1.82, 2.24) is 10.2 Å². The summed E-state index contributed by atoms with van der Waals surface area (Å²) < 4.78 is 23.5. The van der Waals surface area contributed by atoms with Gasteiger partial charge >= 0.3 is 12.1 Å². The zero-order chi connectivity index (χ0) is 43.4. The van der Waals surface area contributed by atoms with Crippen LogP contribution in [0.5, 0.6) is 11.5 Å². The Balaban J connectivity index is 1.07. The molecule has 3 atom stereocenters. The fraction of sp³-hybridized carbons (Fsp3) is 0.292. The van der Waals surface area contributed by atoms with E-state index >= 15 is 0 Å². The summed E-state index contributed by atoms with van der Waals surface area (Å²) in [6.45, 7) is 6.30. The van der Waals surface area contributed by atoms with E-state index in [1.54, 1.807) is 45.0 Å². The van der Waals surface area contributed by atoms with Crippen LogP contribution < -0.4 is 19.7 Å². The molecule has 0 spiro atoms. The Morgan fingerprint density at radius 3 is 2.20 bits per heavy atom. The van der Waals surface area contributed by atoms with Gasteiger partial charge in [-0.25, -0.2) is 9.59 Å². The highest BCUT2D eigenvalue weighted by Gasteiger charge is 2.40. The van der Waals surface area contributed by atoms with Gasteiger partial charge in [0.05, 0.1) is 47.6 Å². The number of esters is 1. The number of likely N-dealkylation sites (N-methyl/N-ethyl adjacent to an activating group) is 1. The van der Waals surface area contributed by atoms with E-state index in [2.05, 4.69) is 16.3 Å². The van der Waals surface area contributed by atoms with Crippen molar-refractivity contribution >= 4 is 46.9 Å². The second-order valence-electron chi connectivity index (χ2n) is 16.2. The molecule has 0 bridgehead atoms. The molecular weight excluding hydrogens is 815 g/mol. The minimum atomic E-state index is -1.02. The van der Waals surface area contributed by atoms with Gasteiger partial charge < -0.3 is 29.2 Å². The molecule has 314 valence electrons. The summed E-state index contributed by atoms with van der Waals surface area (Å²) in [4.78, 5) is 44.7. The number of anilines is 1. The van der Waals surface area contributed by atoms with Gasteiger partial charge in [-0.3, -0.25) is 9.69 Å². The number of carbonyl (C=O) groups is 3. The molecule has 61 heavy (non-hydrogen) atoms. The molecule has 0 aliphatic carbocycles. The molecule has 0 saturated heterocycles. The number of fused-ring (bicyclic) bond motifs is 2. The fourth-order valence-corrected chi connectivity index (χ4v) is 7.76. The Kier molecular flexibility index (Phi) is 12.8. The van der Waals surface area contributed by atoms with Gasteiger partial charge in [-0.2, -0.15) is 5.26 Å². The van der Waals surface area contributed by atoms with Crippen molar-refractivity contribution in [3.05, 3.63) is 147 Å². The summed E-state index contributed by atoms with van der Waals surface area (Å²) in [6.07, 6.45) is -0.595. The number of ether oxygens (including phenoxy) is 4. The number of amides is 2. The van der Waals surface area contributed by atoms with Crippen LogP contribution in [0.15, 0.2) is 103 Å². The SMILES string of the molecule is COC(=O)[C@H](Cc1ccc(-c2ccc(C#N)cc2)cc1)NC(=O)C1Cc2cc3c(cc2CN1C(=O)OC(C)(C)C)OC(c1ccc(OCc2ccc(Cl)c(Cl)c2)cc1)CN3C. The van der Waals surface area contributed by atoms with Crippen LogP contribution in [0.25, 0.3) is 11.1 Å². The lowest BCUT2D eigenvalue weighted by Crippen LogP contribution is -2.56. The van der Waals surface area contributed by atoms with Gasteiger partial charge in [0.25, 0.3) is 0 Å². The summed E-state index contributed by atoms with van der Waals surface area (Å²) in [5, 5.41) is 13.0. The first-order valence-electron chi connectivity index (χ1n) is 19.9. The highest BCUT2D eigenvalue weighted by molar-refractivity contribution is 6.42. The number of halogens is 2. The smallest absolute Gasteiger partial charge is 0.411 e. The number of nitrogens with one attached hydrogen (secondary N) is 1. The monoisotopic (exact) mass is 860 g/mol. The van der Waals surface area contributed by atoms with Crippen molar-refractivity contribution < 1.29 is 33.3 Å². The molecule has 2 amide bonds. The zero-order valence-electron chi connectivity index (χ0n) is 34.5. The Bertz CT molecular complexity index is 2460. The molecule has 7 rings (SSSR count). The third-order valence-corrected chi connectivity index (χ3v) is 11.4. The van der Waals surface area contributed by atoms with E-state index < -0.39 is 35.7 Å². The first-order valence-corrected chi connectivity index (χ1v) is 20.6. The lowest BCUT2D eigenvalue weighted by Gasteiger charge is -2.39. The average molecular weight is 862 g/mol. The Hall–Kier alpha value is -6.22. The van der Waals surface area contributed by atoms with Crippen molar-refractivity contribution in [2.45, 2.75) is 70.6 Å².